The van der Waals surface area contributed by atoms with E-state index in [-0.39, 0.29) is 5.92 Å². The number of halogens is 1. The van der Waals surface area contributed by atoms with Gasteiger partial charge in [-0.2, -0.15) is 10.4 Å². The molecule has 5 heteroatoms. The summed E-state index contributed by atoms with van der Waals surface area (Å²) in [5.74, 6) is 7.31. The first-order chi connectivity index (χ1) is 16.0. The Bertz CT molecular complexity index is 1260. The van der Waals surface area contributed by atoms with E-state index < -0.39 is 0 Å². The van der Waals surface area contributed by atoms with Crippen molar-refractivity contribution < 1.29 is 4.79 Å². The molecule has 0 radical (unpaired) electrons. The van der Waals surface area contributed by atoms with Crippen LogP contribution in [0.25, 0.3) is 11.3 Å². The minimum atomic E-state index is 0.228. The predicted octanol–water partition coefficient (Wildman–Crippen LogP) is 6.10. The van der Waals surface area contributed by atoms with E-state index in [1.54, 1.807) is 12.1 Å². The minimum Gasteiger partial charge on any atom is -0.303 e. The molecule has 0 spiro atoms. The van der Waals surface area contributed by atoms with Crippen molar-refractivity contribution in [2.24, 2.45) is 11.8 Å². The molecule has 3 aromatic rings. The van der Waals surface area contributed by atoms with Crippen LogP contribution in [0.15, 0.2) is 42.5 Å². The van der Waals surface area contributed by atoms with Gasteiger partial charge in [0, 0.05) is 28.7 Å². The van der Waals surface area contributed by atoms with E-state index in [9.17, 15) is 4.79 Å². The van der Waals surface area contributed by atoms with Gasteiger partial charge in [0.25, 0.3) is 0 Å². The van der Waals surface area contributed by atoms with Gasteiger partial charge in [0.2, 0.25) is 0 Å². The molecule has 0 aliphatic heterocycles. The number of carbonyl (C=O) groups excluding carboxylic acids is 1. The second kappa shape index (κ2) is 10.1. The normalized spacial score (nSPS) is 17.6. The van der Waals surface area contributed by atoms with Gasteiger partial charge >= 0.3 is 0 Å². The fourth-order valence-electron chi connectivity index (χ4n) is 4.27. The Balaban J connectivity index is 1.46. The fraction of sp³-hybridized carbons (Fsp3) is 0.321. The Labute approximate surface area is 200 Å². The highest BCUT2D eigenvalue weighted by molar-refractivity contribution is 6.32. The SMILES string of the molecule is Cc1c(-c2ccc(C#N)c(Cl)c2)nn(Cc2ccc(C#C[C@H]3CC[C@H](C=O)CC3)cc2)c1C. The topological polar surface area (TPSA) is 58.7 Å². The number of nitrogens with zero attached hydrogens (tertiary/aromatic N) is 3. The van der Waals surface area contributed by atoms with Crippen molar-refractivity contribution in [2.75, 3.05) is 0 Å². The summed E-state index contributed by atoms with van der Waals surface area (Å²) >= 11 is 6.23. The van der Waals surface area contributed by atoms with Crippen molar-refractivity contribution in [1.29, 1.82) is 5.26 Å². The highest BCUT2D eigenvalue weighted by Gasteiger charge is 2.19. The van der Waals surface area contributed by atoms with Gasteiger partial charge in [-0.1, -0.05) is 41.6 Å². The maximum Gasteiger partial charge on any atom is 0.123 e. The molecule has 0 amide bonds. The van der Waals surface area contributed by atoms with E-state index in [4.69, 9.17) is 22.0 Å². The number of hydrogen-bond acceptors (Lipinski definition) is 3. The van der Waals surface area contributed by atoms with Crippen LogP contribution in [-0.4, -0.2) is 16.1 Å². The number of carbonyl (C=O) groups is 1. The maximum absolute atomic E-state index is 10.9. The zero-order valence-electron chi connectivity index (χ0n) is 18.9. The summed E-state index contributed by atoms with van der Waals surface area (Å²) in [4.78, 5) is 10.9. The van der Waals surface area contributed by atoms with Crippen molar-refractivity contribution >= 4 is 17.9 Å². The van der Waals surface area contributed by atoms with Crippen molar-refractivity contribution in [3.63, 3.8) is 0 Å². The molecular weight excluding hydrogens is 430 g/mol. The van der Waals surface area contributed by atoms with Crippen LogP contribution >= 0.6 is 11.6 Å². The van der Waals surface area contributed by atoms with Gasteiger partial charge in [-0.3, -0.25) is 4.68 Å². The summed E-state index contributed by atoms with van der Waals surface area (Å²) in [5.41, 5.74) is 6.62. The summed E-state index contributed by atoms with van der Waals surface area (Å²) in [6.45, 7) is 4.79. The Hall–Kier alpha value is -3.34. The lowest BCUT2D eigenvalue weighted by molar-refractivity contribution is -0.112. The first-order valence-electron chi connectivity index (χ1n) is 11.3. The molecule has 1 aliphatic rings. The second-order valence-corrected chi connectivity index (χ2v) is 9.14. The Morgan fingerprint density at radius 3 is 2.48 bits per heavy atom. The van der Waals surface area contributed by atoms with Crippen LogP contribution in [0, 0.1) is 48.9 Å². The molecule has 0 bridgehead atoms. The lowest BCUT2D eigenvalue weighted by Gasteiger charge is -2.21. The summed E-state index contributed by atoms with van der Waals surface area (Å²) in [7, 11) is 0. The average Bonchev–Trinajstić information content (AvgIpc) is 3.12. The number of rotatable bonds is 4. The quantitative estimate of drug-likeness (QED) is 0.353. The Morgan fingerprint density at radius 1 is 1.12 bits per heavy atom. The summed E-state index contributed by atoms with van der Waals surface area (Å²) in [5, 5.41) is 14.4. The Morgan fingerprint density at radius 2 is 1.85 bits per heavy atom. The molecule has 4 nitrogen and oxygen atoms in total. The molecule has 1 aliphatic carbocycles. The summed E-state index contributed by atoms with van der Waals surface area (Å²) in [6, 6.07) is 15.8. The smallest absolute Gasteiger partial charge is 0.123 e. The van der Waals surface area contributed by atoms with E-state index in [1.165, 1.54) is 0 Å². The minimum absolute atomic E-state index is 0.228. The molecule has 33 heavy (non-hydrogen) atoms. The molecule has 2 aromatic carbocycles. The van der Waals surface area contributed by atoms with Crippen molar-refractivity contribution in [3.05, 3.63) is 75.4 Å². The monoisotopic (exact) mass is 455 g/mol. The third kappa shape index (κ3) is 5.19. The maximum atomic E-state index is 10.9. The Kier molecular flexibility index (Phi) is 6.97. The molecule has 0 atom stereocenters. The van der Waals surface area contributed by atoms with Crippen LogP contribution in [0.4, 0.5) is 0 Å². The molecule has 4 rings (SSSR count). The van der Waals surface area contributed by atoms with E-state index in [0.717, 1.165) is 65.6 Å². The number of hydrogen-bond donors (Lipinski definition) is 0. The lowest BCUT2D eigenvalue weighted by atomic mass is 9.83. The van der Waals surface area contributed by atoms with Gasteiger partial charge in [-0.15, -0.1) is 0 Å². The third-order valence-corrected chi connectivity index (χ3v) is 6.85. The molecule has 0 N–H and O–H groups in total. The van der Waals surface area contributed by atoms with Crippen LogP contribution < -0.4 is 0 Å². The zero-order valence-corrected chi connectivity index (χ0v) is 19.7. The molecule has 1 heterocycles. The number of aromatic nitrogens is 2. The molecule has 1 fully saturated rings. The molecule has 1 saturated carbocycles. The van der Waals surface area contributed by atoms with E-state index >= 15 is 0 Å². The highest BCUT2D eigenvalue weighted by atomic mass is 35.5. The van der Waals surface area contributed by atoms with Gasteiger partial charge in [-0.25, -0.2) is 0 Å². The zero-order chi connectivity index (χ0) is 23.4. The van der Waals surface area contributed by atoms with Crippen LogP contribution in [-0.2, 0) is 11.3 Å². The van der Waals surface area contributed by atoms with E-state index in [0.29, 0.717) is 23.0 Å². The number of nitriles is 1. The molecule has 0 unspecified atom stereocenters. The predicted molar refractivity (Wildman–Crippen MR) is 131 cm³/mol. The molecule has 1 aromatic heterocycles. The first kappa shape index (κ1) is 22.8. The van der Waals surface area contributed by atoms with E-state index in [1.807, 2.05) is 10.7 Å². The summed E-state index contributed by atoms with van der Waals surface area (Å²) in [6.07, 6.45) is 5.04. The highest BCUT2D eigenvalue weighted by Crippen LogP contribution is 2.29. The third-order valence-electron chi connectivity index (χ3n) is 6.54. The van der Waals surface area contributed by atoms with Crippen molar-refractivity contribution in [3.8, 4) is 29.2 Å². The van der Waals surface area contributed by atoms with Crippen molar-refractivity contribution in [2.45, 2.75) is 46.1 Å². The fourth-order valence-corrected chi connectivity index (χ4v) is 4.49. The van der Waals surface area contributed by atoms with Gasteiger partial charge < -0.3 is 4.79 Å². The second-order valence-electron chi connectivity index (χ2n) is 8.74. The molecule has 0 saturated heterocycles. The van der Waals surface area contributed by atoms with Crippen LogP contribution in [0.1, 0.15) is 53.6 Å². The number of benzene rings is 2. The average molecular weight is 456 g/mol. The van der Waals surface area contributed by atoms with Gasteiger partial charge in [-0.05, 0) is 74.9 Å². The largest absolute Gasteiger partial charge is 0.303 e. The lowest BCUT2D eigenvalue weighted by Crippen LogP contribution is -2.14. The van der Waals surface area contributed by atoms with Crippen molar-refractivity contribution in [1.82, 2.24) is 9.78 Å². The van der Waals surface area contributed by atoms with Crippen LogP contribution in [0.3, 0.4) is 0 Å². The van der Waals surface area contributed by atoms with Crippen LogP contribution in [0.2, 0.25) is 5.02 Å². The van der Waals surface area contributed by atoms with Gasteiger partial charge in [0.1, 0.15) is 12.4 Å². The number of aldehydes is 1. The van der Waals surface area contributed by atoms with Gasteiger partial charge in [0.05, 0.1) is 22.8 Å². The first-order valence-corrected chi connectivity index (χ1v) is 11.7. The molecular formula is C28H26ClN3O. The van der Waals surface area contributed by atoms with Crippen LogP contribution in [0.5, 0.6) is 0 Å². The summed E-state index contributed by atoms with van der Waals surface area (Å²) < 4.78 is 2.00. The molecule has 166 valence electrons. The van der Waals surface area contributed by atoms with E-state index in [2.05, 4.69) is 56.0 Å². The standard InChI is InChI=1S/C28H26ClN3O/c1-19-20(2)32(31-28(19)25-13-14-26(16-30)27(29)15-25)17-23-9-5-21(6-10-23)3-4-22-7-11-24(18-33)12-8-22/h5-6,9-10,13-15,18,22,24H,7-8,11-12,17H2,1-2H3/t22-,24-. The van der Waals surface area contributed by atoms with Gasteiger partial charge in [0.15, 0.2) is 0 Å².